The van der Waals surface area contributed by atoms with Crippen LogP contribution in [0.3, 0.4) is 0 Å². The van der Waals surface area contributed by atoms with Gasteiger partial charge in [-0.05, 0) is 43.5 Å². The Morgan fingerprint density at radius 2 is 2.00 bits per heavy atom. The zero-order chi connectivity index (χ0) is 12.7. The van der Waals surface area contributed by atoms with Gasteiger partial charge < -0.3 is 14.0 Å². The zero-order valence-electron chi connectivity index (χ0n) is 8.99. The number of aromatic nitrogens is 2. The highest BCUT2D eigenvalue weighted by atomic mass is 79.9. The van der Waals surface area contributed by atoms with Crippen LogP contribution < -0.4 is 9.47 Å². The van der Waals surface area contributed by atoms with Crippen molar-refractivity contribution in [2.45, 2.75) is 6.54 Å². The van der Waals surface area contributed by atoms with Crippen molar-refractivity contribution in [2.75, 3.05) is 6.79 Å². The molecule has 2 heterocycles. The first-order valence-corrected chi connectivity index (χ1v) is 7.05. The summed E-state index contributed by atoms with van der Waals surface area (Å²) in [6.07, 6.45) is 1.73. The smallest absolute Gasteiger partial charge is 0.231 e. The van der Waals surface area contributed by atoms with E-state index in [4.69, 9.17) is 21.1 Å². The van der Waals surface area contributed by atoms with Gasteiger partial charge in [-0.25, -0.2) is 4.98 Å². The number of halogens is 3. The van der Waals surface area contributed by atoms with Gasteiger partial charge in [0.25, 0.3) is 0 Å². The monoisotopic (exact) mass is 392 g/mol. The molecule has 0 amide bonds. The Labute approximate surface area is 125 Å². The van der Waals surface area contributed by atoms with Crippen molar-refractivity contribution in [3.8, 4) is 11.5 Å². The number of fused-ring (bicyclic) bond motifs is 1. The van der Waals surface area contributed by atoms with Gasteiger partial charge in [-0.15, -0.1) is 0 Å². The third kappa shape index (κ3) is 2.13. The molecule has 0 saturated carbocycles. The maximum absolute atomic E-state index is 6.22. The number of ether oxygens (including phenoxy) is 2. The van der Waals surface area contributed by atoms with Crippen LogP contribution in [0.15, 0.2) is 27.7 Å². The van der Waals surface area contributed by atoms with Crippen LogP contribution >= 0.6 is 43.5 Å². The molecule has 0 spiro atoms. The molecule has 4 nitrogen and oxygen atoms in total. The summed E-state index contributed by atoms with van der Waals surface area (Å²) >= 11 is 13.0. The van der Waals surface area contributed by atoms with Crippen LogP contribution in [0.4, 0.5) is 0 Å². The Bertz CT molecular complexity index is 615. The highest BCUT2D eigenvalue weighted by Gasteiger charge is 2.17. The Kier molecular flexibility index (Phi) is 3.25. The number of hydrogen-bond donors (Lipinski definition) is 0. The summed E-state index contributed by atoms with van der Waals surface area (Å²) in [4.78, 5) is 4.15. The quantitative estimate of drug-likeness (QED) is 0.777. The summed E-state index contributed by atoms with van der Waals surface area (Å²) in [7, 11) is 0. The topological polar surface area (TPSA) is 36.3 Å². The summed E-state index contributed by atoms with van der Waals surface area (Å²) in [5, 5.41) is 0.649. The molecule has 0 atom stereocenters. The first-order chi connectivity index (χ1) is 8.65. The Hall–Kier alpha value is -0.720. The van der Waals surface area contributed by atoms with Gasteiger partial charge in [0.15, 0.2) is 11.5 Å². The molecule has 0 bridgehead atoms. The minimum Gasteiger partial charge on any atom is -0.454 e. The predicted molar refractivity (Wildman–Crippen MR) is 74.3 cm³/mol. The van der Waals surface area contributed by atoms with E-state index in [9.17, 15) is 0 Å². The van der Waals surface area contributed by atoms with Gasteiger partial charge >= 0.3 is 0 Å². The minimum atomic E-state index is 0.245. The van der Waals surface area contributed by atoms with Crippen molar-refractivity contribution in [1.29, 1.82) is 0 Å². The van der Waals surface area contributed by atoms with Crippen LogP contribution in [0.2, 0.25) is 5.02 Å². The molecule has 3 rings (SSSR count). The van der Waals surface area contributed by atoms with Crippen molar-refractivity contribution < 1.29 is 9.47 Å². The fourth-order valence-electron chi connectivity index (χ4n) is 1.72. The van der Waals surface area contributed by atoms with Crippen molar-refractivity contribution in [3.05, 3.63) is 38.3 Å². The molecule has 0 radical (unpaired) electrons. The second kappa shape index (κ2) is 4.75. The van der Waals surface area contributed by atoms with Gasteiger partial charge in [0.1, 0.15) is 9.21 Å². The molecular formula is C11H7Br2ClN2O2. The predicted octanol–water partition coefficient (Wildman–Crippen LogP) is 3.84. The second-order valence-electron chi connectivity index (χ2n) is 3.75. The first-order valence-electron chi connectivity index (χ1n) is 5.09. The van der Waals surface area contributed by atoms with Gasteiger partial charge in [-0.3, -0.25) is 0 Å². The molecule has 0 unspecified atom stereocenters. The fraction of sp³-hybridized carbons (Fsp3) is 0.182. The van der Waals surface area contributed by atoms with Gasteiger partial charge in [0.05, 0.1) is 12.9 Å². The van der Waals surface area contributed by atoms with Crippen molar-refractivity contribution >= 4 is 43.5 Å². The molecule has 1 aliphatic heterocycles. The van der Waals surface area contributed by atoms with Crippen LogP contribution in [-0.4, -0.2) is 16.3 Å². The summed E-state index contributed by atoms with van der Waals surface area (Å²) in [6.45, 7) is 0.851. The Balaban J connectivity index is 1.96. The normalized spacial score (nSPS) is 13.1. The Morgan fingerprint density at radius 3 is 2.67 bits per heavy atom. The SMILES string of the molecule is Clc1cc2c(cc1Cn1cnc(Br)c1Br)OCO2. The van der Waals surface area contributed by atoms with Crippen molar-refractivity contribution in [2.24, 2.45) is 0 Å². The maximum atomic E-state index is 6.22. The molecule has 1 aromatic carbocycles. The summed E-state index contributed by atoms with van der Waals surface area (Å²) in [6, 6.07) is 3.67. The fourth-order valence-corrected chi connectivity index (χ4v) is 2.57. The molecule has 0 fully saturated rings. The van der Waals surface area contributed by atoms with Crippen LogP contribution in [0.1, 0.15) is 5.56 Å². The van der Waals surface area contributed by atoms with Crippen LogP contribution in [0.5, 0.6) is 11.5 Å². The molecule has 18 heavy (non-hydrogen) atoms. The van der Waals surface area contributed by atoms with E-state index in [0.29, 0.717) is 17.3 Å². The highest BCUT2D eigenvalue weighted by molar-refractivity contribution is 9.13. The molecule has 0 aliphatic carbocycles. The van der Waals surface area contributed by atoms with Crippen LogP contribution in [-0.2, 0) is 6.54 Å². The highest BCUT2D eigenvalue weighted by Crippen LogP contribution is 2.37. The van der Waals surface area contributed by atoms with E-state index in [1.807, 2.05) is 10.6 Å². The first kappa shape index (κ1) is 12.3. The molecule has 1 aromatic heterocycles. The van der Waals surface area contributed by atoms with Gasteiger partial charge in [-0.1, -0.05) is 11.6 Å². The van der Waals surface area contributed by atoms with Gasteiger partial charge in [0, 0.05) is 11.1 Å². The minimum absolute atomic E-state index is 0.245. The summed E-state index contributed by atoms with van der Waals surface area (Å²) in [5.41, 5.74) is 0.950. The molecule has 2 aromatic rings. The van der Waals surface area contributed by atoms with E-state index in [1.54, 1.807) is 12.4 Å². The molecule has 1 aliphatic rings. The third-order valence-corrected chi connectivity index (χ3v) is 4.91. The average Bonchev–Trinajstić information content (AvgIpc) is 2.91. The van der Waals surface area contributed by atoms with E-state index in [-0.39, 0.29) is 6.79 Å². The van der Waals surface area contributed by atoms with Gasteiger partial charge in [0.2, 0.25) is 6.79 Å². The third-order valence-electron chi connectivity index (χ3n) is 2.62. The lowest BCUT2D eigenvalue weighted by molar-refractivity contribution is 0.174. The largest absolute Gasteiger partial charge is 0.454 e. The standard InChI is InChI=1S/C11H7Br2ClN2O2/c12-10-11(13)16(4-15-10)3-6-1-8-9(2-7(6)14)18-5-17-8/h1-2,4H,3,5H2. The molecule has 0 N–H and O–H groups in total. The number of rotatable bonds is 2. The van der Waals surface area contributed by atoms with E-state index in [0.717, 1.165) is 20.5 Å². The van der Waals surface area contributed by atoms with Crippen LogP contribution in [0.25, 0.3) is 0 Å². The van der Waals surface area contributed by atoms with E-state index in [2.05, 4.69) is 36.8 Å². The maximum Gasteiger partial charge on any atom is 0.231 e. The van der Waals surface area contributed by atoms with E-state index >= 15 is 0 Å². The van der Waals surface area contributed by atoms with Crippen molar-refractivity contribution in [1.82, 2.24) is 9.55 Å². The number of nitrogens with zero attached hydrogens (tertiary/aromatic N) is 2. The average molecular weight is 394 g/mol. The van der Waals surface area contributed by atoms with E-state index in [1.165, 1.54) is 0 Å². The molecule has 7 heteroatoms. The number of benzene rings is 1. The molecular weight excluding hydrogens is 387 g/mol. The van der Waals surface area contributed by atoms with Crippen molar-refractivity contribution in [3.63, 3.8) is 0 Å². The Morgan fingerprint density at radius 1 is 1.28 bits per heavy atom. The van der Waals surface area contributed by atoms with E-state index < -0.39 is 0 Å². The second-order valence-corrected chi connectivity index (χ2v) is 5.66. The van der Waals surface area contributed by atoms with Gasteiger partial charge in [-0.2, -0.15) is 0 Å². The number of imidazole rings is 1. The number of hydrogen-bond acceptors (Lipinski definition) is 3. The zero-order valence-corrected chi connectivity index (χ0v) is 12.9. The molecule has 94 valence electrons. The lowest BCUT2D eigenvalue weighted by Crippen LogP contribution is -1.99. The summed E-state index contributed by atoms with van der Waals surface area (Å²) < 4.78 is 14.2. The summed E-state index contributed by atoms with van der Waals surface area (Å²) in [5.74, 6) is 1.42. The molecule has 0 saturated heterocycles. The lowest BCUT2D eigenvalue weighted by Gasteiger charge is -2.08. The lowest BCUT2D eigenvalue weighted by atomic mass is 10.2. The van der Waals surface area contributed by atoms with Crippen LogP contribution in [0, 0.1) is 0 Å².